The number of benzene rings is 1. The van der Waals surface area contributed by atoms with Gasteiger partial charge in [-0.2, -0.15) is 0 Å². The van der Waals surface area contributed by atoms with E-state index in [2.05, 4.69) is 0 Å². The first kappa shape index (κ1) is 16.5. The Balaban J connectivity index is 2.39. The van der Waals surface area contributed by atoms with E-state index in [0.717, 1.165) is 38.5 Å². The van der Waals surface area contributed by atoms with E-state index in [-0.39, 0.29) is 17.3 Å². The zero-order chi connectivity index (χ0) is 15.9. The van der Waals surface area contributed by atoms with E-state index >= 15 is 0 Å². The minimum Gasteiger partial charge on any atom is -0.493 e. The molecule has 1 amide bonds. The monoisotopic (exact) mass is 305 g/mol. The van der Waals surface area contributed by atoms with Crippen molar-refractivity contribution in [3.63, 3.8) is 0 Å². The van der Waals surface area contributed by atoms with Crippen molar-refractivity contribution in [2.24, 2.45) is 5.92 Å². The molecule has 1 fully saturated rings. The summed E-state index contributed by atoms with van der Waals surface area (Å²) in [5.74, 6) is -0.366. The van der Waals surface area contributed by atoms with Crippen molar-refractivity contribution in [1.82, 2.24) is 5.48 Å². The number of hydrogen-bond acceptors (Lipinski definition) is 4. The highest BCUT2D eigenvalue weighted by Crippen LogP contribution is 2.32. The third-order valence-electron chi connectivity index (χ3n) is 4.06. The van der Waals surface area contributed by atoms with Gasteiger partial charge in [-0.05, 0) is 31.4 Å². The molecule has 0 radical (unpaired) electrons. The average Bonchev–Trinajstić information content (AvgIpc) is 2.59. The molecule has 2 rings (SSSR count). The number of carbonyl (C=O) groups is 2. The van der Waals surface area contributed by atoms with Crippen LogP contribution in [0.1, 0.15) is 66.2 Å². The van der Waals surface area contributed by atoms with Crippen LogP contribution in [0.4, 0.5) is 0 Å². The van der Waals surface area contributed by atoms with Crippen LogP contribution in [0.2, 0.25) is 0 Å². The quantitative estimate of drug-likeness (QED) is 0.480. The van der Waals surface area contributed by atoms with Gasteiger partial charge in [0.1, 0.15) is 5.75 Å². The second-order valence-corrected chi connectivity index (χ2v) is 5.67. The average molecular weight is 305 g/mol. The fourth-order valence-corrected chi connectivity index (χ4v) is 2.94. The minimum atomic E-state index is -0.680. The van der Waals surface area contributed by atoms with Gasteiger partial charge in [0.25, 0.3) is 5.91 Å². The topological polar surface area (TPSA) is 75.6 Å². The Bertz CT molecular complexity index is 535. The van der Waals surface area contributed by atoms with E-state index in [0.29, 0.717) is 17.9 Å². The number of ketones is 1. The van der Waals surface area contributed by atoms with Gasteiger partial charge in [0, 0.05) is 5.92 Å². The van der Waals surface area contributed by atoms with E-state index in [1.54, 1.807) is 23.7 Å². The van der Waals surface area contributed by atoms with Crippen LogP contribution in [0.15, 0.2) is 18.2 Å². The van der Waals surface area contributed by atoms with Crippen molar-refractivity contribution in [3.8, 4) is 5.75 Å². The Morgan fingerprint density at radius 2 is 2.00 bits per heavy atom. The van der Waals surface area contributed by atoms with Crippen LogP contribution in [0, 0.1) is 5.92 Å². The lowest BCUT2D eigenvalue weighted by Crippen LogP contribution is -2.25. The maximum atomic E-state index is 12.9. The summed E-state index contributed by atoms with van der Waals surface area (Å²) in [5.41, 5.74) is 2.09. The second-order valence-electron chi connectivity index (χ2n) is 5.67. The van der Waals surface area contributed by atoms with Gasteiger partial charge >= 0.3 is 0 Å². The maximum absolute atomic E-state index is 12.9. The molecule has 0 aromatic heterocycles. The molecule has 1 aliphatic carbocycles. The van der Waals surface area contributed by atoms with Crippen LogP contribution in [0.25, 0.3) is 0 Å². The zero-order valence-electron chi connectivity index (χ0n) is 12.9. The molecule has 0 atom stereocenters. The number of rotatable bonds is 6. The highest BCUT2D eigenvalue weighted by molar-refractivity contribution is 6.10. The van der Waals surface area contributed by atoms with Gasteiger partial charge < -0.3 is 4.74 Å². The minimum absolute atomic E-state index is 0.0509. The summed E-state index contributed by atoms with van der Waals surface area (Å²) in [6.07, 6.45) is 5.74. The van der Waals surface area contributed by atoms with E-state index in [4.69, 9.17) is 9.94 Å². The van der Waals surface area contributed by atoms with Gasteiger partial charge in [0.05, 0.1) is 17.7 Å². The summed E-state index contributed by atoms with van der Waals surface area (Å²) in [5, 5.41) is 8.92. The van der Waals surface area contributed by atoms with Crippen LogP contribution in [0.3, 0.4) is 0 Å². The standard InChI is InChI=1S/C17H23NO4/c1-2-11-22-14-10-6-9-13(17(20)18-21)15(14)16(19)12-7-4-3-5-8-12/h6,9-10,12,21H,2-5,7-8,11H2,1H3,(H,18,20). The molecule has 1 aliphatic rings. The second kappa shape index (κ2) is 7.94. The molecule has 0 spiro atoms. The molecule has 0 heterocycles. The number of hydroxylamine groups is 1. The first-order chi connectivity index (χ1) is 10.7. The summed E-state index contributed by atoms with van der Waals surface area (Å²) >= 11 is 0. The Kier molecular flexibility index (Phi) is 5.95. The first-order valence-electron chi connectivity index (χ1n) is 7.93. The van der Waals surface area contributed by atoms with Gasteiger partial charge in [-0.15, -0.1) is 0 Å². The first-order valence-corrected chi connectivity index (χ1v) is 7.93. The largest absolute Gasteiger partial charge is 0.493 e. The Morgan fingerprint density at radius 3 is 2.64 bits per heavy atom. The van der Waals surface area contributed by atoms with Crippen molar-refractivity contribution in [2.75, 3.05) is 6.61 Å². The Labute approximate surface area is 130 Å². The Morgan fingerprint density at radius 1 is 1.27 bits per heavy atom. The van der Waals surface area contributed by atoms with E-state index in [9.17, 15) is 9.59 Å². The Hall–Kier alpha value is -1.88. The van der Waals surface area contributed by atoms with Crippen molar-refractivity contribution in [2.45, 2.75) is 45.4 Å². The van der Waals surface area contributed by atoms with Crippen LogP contribution in [-0.4, -0.2) is 23.5 Å². The van der Waals surface area contributed by atoms with Gasteiger partial charge in [-0.1, -0.05) is 32.3 Å². The molecule has 2 N–H and O–H groups in total. The summed E-state index contributed by atoms with van der Waals surface area (Å²) in [7, 11) is 0. The summed E-state index contributed by atoms with van der Waals surface area (Å²) in [4.78, 5) is 24.8. The molecule has 5 nitrogen and oxygen atoms in total. The normalized spacial score (nSPS) is 15.4. The van der Waals surface area contributed by atoms with Crippen LogP contribution >= 0.6 is 0 Å². The van der Waals surface area contributed by atoms with Crippen molar-refractivity contribution < 1.29 is 19.5 Å². The fraction of sp³-hybridized carbons (Fsp3) is 0.529. The molecule has 22 heavy (non-hydrogen) atoms. The van der Waals surface area contributed by atoms with Crippen molar-refractivity contribution in [1.29, 1.82) is 0 Å². The van der Waals surface area contributed by atoms with Gasteiger partial charge in [0.15, 0.2) is 5.78 Å². The molecule has 0 aliphatic heterocycles. The molecular weight excluding hydrogens is 282 g/mol. The molecule has 1 aromatic carbocycles. The number of hydrogen-bond donors (Lipinski definition) is 2. The highest BCUT2D eigenvalue weighted by atomic mass is 16.5. The summed E-state index contributed by atoms with van der Waals surface area (Å²) in [6, 6.07) is 4.91. The van der Waals surface area contributed by atoms with Crippen LogP contribution < -0.4 is 10.2 Å². The third-order valence-corrected chi connectivity index (χ3v) is 4.06. The molecule has 1 aromatic rings. The molecular formula is C17H23NO4. The number of carbonyl (C=O) groups excluding carboxylic acids is 2. The lowest BCUT2D eigenvalue weighted by Gasteiger charge is -2.22. The maximum Gasteiger partial charge on any atom is 0.275 e. The zero-order valence-corrected chi connectivity index (χ0v) is 12.9. The smallest absolute Gasteiger partial charge is 0.275 e. The lowest BCUT2D eigenvalue weighted by molar-refractivity contribution is 0.0699. The predicted octanol–water partition coefficient (Wildman–Crippen LogP) is 3.36. The molecule has 1 saturated carbocycles. The van der Waals surface area contributed by atoms with Crippen LogP contribution in [-0.2, 0) is 0 Å². The predicted molar refractivity (Wildman–Crippen MR) is 82.4 cm³/mol. The van der Waals surface area contributed by atoms with E-state index < -0.39 is 5.91 Å². The number of amides is 1. The van der Waals surface area contributed by atoms with Crippen LogP contribution in [0.5, 0.6) is 5.75 Å². The third kappa shape index (κ3) is 3.65. The molecule has 0 bridgehead atoms. The van der Waals surface area contributed by atoms with Crippen molar-refractivity contribution >= 4 is 11.7 Å². The number of Topliss-reactive ketones (excluding diaryl/α,β-unsaturated/α-hetero) is 1. The summed E-state index contributed by atoms with van der Waals surface area (Å²) < 4.78 is 5.65. The van der Waals surface area contributed by atoms with E-state index in [1.165, 1.54) is 0 Å². The molecule has 120 valence electrons. The molecule has 5 heteroatoms. The van der Waals surface area contributed by atoms with Gasteiger partial charge in [0.2, 0.25) is 0 Å². The lowest BCUT2D eigenvalue weighted by atomic mass is 9.82. The van der Waals surface area contributed by atoms with Crippen molar-refractivity contribution in [3.05, 3.63) is 29.3 Å². The molecule has 0 unspecified atom stereocenters. The fourth-order valence-electron chi connectivity index (χ4n) is 2.94. The SMILES string of the molecule is CCCOc1cccc(C(=O)NO)c1C(=O)C1CCCCC1. The van der Waals surface area contributed by atoms with E-state index in [1.807, 2.05) is 6.92 Å². The van der Waals surface area contributed by atoms with Gasteiger partial charge in [-0.25, -0.2) is 5.48 Å². The highest BCUT2D eigenvalue weighted by Gasteiger charge is 2.29. The molecule has 0 saturated heterocycles. The number of nitrogens with one attached hydrogen (secondary N) is 1. The van der Waals surface area contributed by atoms with Gasteiger partial charge in [-0.3, -0.25) is 14.8 Å². The number of ether oxygens (including phenoxy) is 1. The summed E-state index contributed by atoms with van der Waals surface area (Å²) in [6.45, 7) is 2.46.